The molecule has 0 heterocycles. The van der Waals surface area contributed by atoms with Gasteiger partial charge in [-0.05, 0) is 87.1 Å². The van der Waals surface area contributed by atoms with E-state index in [2.05, 4.69) is 11.4 Å². The summed E-state index contributed by atoms with van der Waals surface area (Å²) in [6.45, 7) is 4.40. The molecule has 0 radical (unpaired) electrons. The number of hydrogen-bond acceptors (Lipinski definition) is 4. The number of carbonyl (C=O) groups excluding carboxylic acids is 1. The predicted octanol–water partition coefficient (Wildman–Crippen LogP) is 5.39. The number of carbonyl (C=O) groups is 1. The van der Waals surface area contributed by atoms with Crippen LogP contribution in [0.15, 0.2) is 48.5 Å². The minimum absolute atomic E-state index is 0.0655. The van der Waals surface area contributed by atoms with Crippen molar-refractivity contribution in [1.82, 2.24) is 5.32 Å². The fourth-order valence-corrected chi connectivity index (χ4v) is 3.85. The van der Waals surface area contributed by atoms with Crippen molar-refractivity contribution in [2.45, 2.75) is 64.5 Å². The molecule has 0 bridgehead atoms. The monoisotopic (exact) mass is 438 g/mol. The van der Waals surface area contributed by atoms with Crippen LogP contribution < -0.4 is 14.8 Å². The van der Waals surface area contributed by atoms with Crippen LogP contribution in [0.25, 0.3) is 0 Å². The van der Waals surface area contributed by atoms with Crippen LogP contribution in [-0.4, -0.2) is 24.7 Å². The molecule has 0 aromatic heterocycles. The molecule has 0 aliphatic heterocycles. The SMILES string of the molecule is CC(C)(CCCOc1ccc(F)cc1)C(=O)N[C@H]1CC[C@@H](Oc2ccc(C#N)cc2)CC1. The highest BCUT2D eigenvalue weighted by Gasteiger charge is 2.31. The second-order valence-corrected chi connectivity index (χ2v) is 8.99. The minimum Gasteiger partial charge on any atom is -0.494 e. The van der Waals surface area contributed by atoms with Gasteiger partial charge in [-0.15, -0.1) is 0 Å². The third-order valence-corrected chi connectivity index (χ3v) is 5.94. The molecule has 2 aromatic rings. The lowest BCUT2D eigenvalue weighted by Crippen LogP contribution is -2.45. The van der Waals surface area contributed by atoms with Crippen LogP contribution in [0.2, 0.25) is 0 Å². The van der Waals surface area contributed by atoms with E-state index in [9.17, 15) is 9.18 Å². The van der Waals surface area contributed by atoms with E-state index >= 15 is 0 Å². The van der Waals surface area contributed by atoms with E-state index in [0.29, 0.717) is 24.3 Å². The van der Waals surface area contributed by atoms with Crippen molar-refractivity contribution in [3.63, 3.8) is 0 Å². The molecule has 1 aliphatic rings. The second-order valence-electron chi connectivity index (χ2n) is 8.99. The molecule has 3 rings (SSSR count). The predicted molar refractivity (Wildman–Crippen MR) is 121 cm³/mol. The van der Waals surface area contributed by atoms with Crippen molar-refractivity contribution in [3.05, 3.63) is 59.9 Å². The summed E-state index contributed by atoms with van der Waals surface area (Å²) in [4.78, 5) is 12.8. The van der Waals surface area contributed by atoms with Gasteiger partial charge in [0, 0.05) is 11.5 Å². The molecule has 0 saturated heterocycles. The molecule has 2 aromatic carbocycles. The van der Waals surface area contributed by atoms with Gasteiger partial charge < -0.3 is 14.8 Å². The van der Waals surface area contributed by atoms with Gasteiger partial charge in [-0.1, -0.05) is 13.8 Å². The van der Waals surface area contributed by atoms with Crippen LogP contribution in [0, 0.1) is 22.6 Å². The maximum absolute atomic E-state index is 12.9. The van der Waals surface area contributed by atoms with E-state index in [1.807, 2.05) is 26.0 Å². The Morgan fingerprint density at radius 2 is 1.69 bits per heavy atom. The number of nitriles is 1. The molecule has 1 aliphatic carbocycles. The van der Waals surface area contributed by atoms with Crippen LogP contribution in [0.3, 0.4) is 0 Å². The Hall–Kier alpha value is -3.07. The summed E-state index contributed by atoms with van der Waals surface area (Å²) in [5.74, 6) is 1.19. The topological polar surface area (TPSA) is 71.3 Å². The van der Waals surface area contributed by atoms with Crippen LogP contribution in [-0.2, 0) is 4.79 Å². The molecule has 0 spiro atoms. The Morgan fingerprint density at radius 1 is 1.06 bits per heavy atom. The fraction of sp³-hybridized carbons (Fsp3) is 0.462. The van der Waals surface area contributed by atoms with E-state index in [-0.39, 0.29) is 23.9 Å². The maximum atomic E-state index is 12.9. The molecule has 6 heteroatoms. The van der Waals surface area contributed by atoms with Crippen LogP contribution in [0.5, 0.6) is 11.5 Å². The number of benzene rings is 2. The van der Waals surface area contributed by atoms with Crippen molar-refractivity contribution in [1.29, 1.82) is 5.26 Å². The number of nitrogens with zero attached hydrogens (tertiary/aromatic N) is 1. The first-order chi connectivity index (χ1) is 15.4. The van der Waals surface area contributed by atoms with E-state index in [4.69, 9.17) is 14.7 Å². The summed E-state index contributed by atoms with van der Waals surface area (Å²) >= 11 is 0. The van der Waals surface area contributed by atoms with Gasteiger partial charge in [0.05, 0.1) is 24.3 Å². The first kappa shape index (κ1) is 23.6. The van der Waals surface area contributed by atoms with Crippen LogP contribution >= 0.6 is 0 Å². The Labute approximate surface area is 189 Å². The molecule has 5 nitrogen and oxygen atoms in total. The number of rotatable bonds is 9. The van der Waals surface area contributed by atoms with Gasteiger partial charge in [-0.2, -0.15) is 5.26 Å². The Kier molecular flexibility index (Phi) is 8.10. The number of halogens is 1. The van der Waals surface area contributed by atoms with Crippen molar-refractivity contribution in [3.8, 4) is 17.6 Å². The van der Waals surface area contributed by atoms with Gasteiger partial charge in [0.25, 0.3) is 0 Å². The lowest BCUT2D eigenvalue weighted by Gasteiger charge is -2.32. The minimum atomic E-state index is -0.484. The highest BCUT2D eigenvalue weighted by molar-refractivity contribution is 5.82. The van der Waals surface area contributed by atoms with E-state index in [0.717, 1.165) is 37.9 Å². The summed E-state index contributed by atoms with van der Waals surface area (Å²) < 4.78 is 24.6. The lowest BCUT2D eigenvalue weighted by atomic mass is 9.85. The second kappa shape index (κ2) is 11.0. The highest BCUT2D eigenvalue weighted by Crippen LogP contribution is 2.27. The quantitative estimate of drug-likeness (QED) is 0.533. The molecule has 0 unspecified atom stereocenters. The summed E-state index contributed by atoms with van der Waals surface area (Å²) in [5, 5.41) is 12.1. The van der Waals surface area contributed by atoms with Gasteiger partial charge in [0.15, 0.2) is 0 Å². The first-order valence-electron chi connectivity index (χ1n) is 11.2. The van der Waals surface area contributed by atoms with Gasteiger partial charge in [0.1, 0.15) is 17.3 Å². The van der Waals surface area contributed by atoms with Gasteiger partial charge in [-0.25, -0.2) is 4.39 Å². The molecular weight excluding hydrogens is 407 g/mol. The van der Waals surface area contributed by atoms with Gasteiger partial charge in [0.2, 0.25) is 5.91 Å². The van der Waals surface area contributed by atoms with E-state index in [1.165, 1.54) is 12.1 Å². The molecule has 32 heavy (non-hydrogen) atoms. The lowest BCUT2D eigenvalue weighted by molar-refractivity contribution is -0.130. The zero-order valence-corrected chi connectivity index (χ0v) is 18.8. The molecule has 1 N–H and O–H groups in total. The zero-order valence-electron chi connectivity index (χ0n) is 18.8. The number of amides is 1. The smallest absolute Gasteiger partial charge is 0.225 e. The summed E-state index contributed by atoms with van der Waals surface area (Å²) in [7, 11) is 0. The fourth-order valence-electron chi connectivity index (χ4n) is 3.85. The molecule has 1 saturated carbocycles. The third-order valence-electron chi connectivity index (χ3n) is 5.94. The number of nitrogens with one attached hydrogen (secondary N) is 1. The largest absolute Gasteiger partial charge is 0.494 e. The van der Waals surface area contributed by atoms with Crippen molar-refractivity contribution in [2.75, 3.05) is 6.61 Å². The summed E-state index contributed by atoms with van der Waals surface area (Å²) in [6, 6.07) is 15.4. The zero-order chi connectivity index (χ0) is 23.0. The normalized spacial score (nSPS) is 18.4. The van der Waals surface area contributed by atoms with Crippen molar-refractivity contribution in [2.24, 2.45) is 5.41 Å². The highest BCUT2D eigenvalue weighted by atomic mass is 19.1. The summed E-state index contributed by atoms with van der Waals surface area (Å²) in [6.07, 6.45) is 5.12. The Balaban J connectivity index is 1.36. The van der Waals surface area contributed by atoms with E-state index < -0.39 is 5.41 Å². The number of hydrogen-bond donors (Lipinski definition) is 1. The average Bonchev–Trinajstić information content (AvgIpc) is 2.79. The molecule has 1 amide bonds. The number of ether oxygens (including phenoxy) is 2. The van der Waals surface area contributed by atoms with Crippen molar-refractivity contribution < 1.29 is 18.7 Å². The standard InChI is InChI=1S/C26H31FN2O3/c1-26(2,16-3-17-31-22-12-6-20(27)7-13-22)25(30)29-21-8-14-24(15-9-21)32-23-10-4-19(18-28)5-11-23/h4-7,10-13,21,24H,3,8-9,14-17H2,1-2H3,(H,29,30)/t21-,24+. The van der Waals surface area contributed by atoms with E-state index in [1.54, 1.807) is 24.3 Å². The Bertz CT molecular complexity index is 912. The average molecular weight is 439 g/mol. The first-order valence-corrected chi connectivity index (χ1v) is 11.2. The van der Waals surface area contributed by atoms with Crippen LogP contribution in [0.4, 0.5) is 4.39 Å². The molecule has 0 atom stereocenters. The van der Waals surface area contributed by atoms with Gasteiger partial charge >= 0.3 is 0 Å². The molecule has 1 fully saturated rings. The molecule has 170 valence electrons. The van der Waals surface area contributed by atoms with Gasteiger partial charge in [-0.3, -0.25) is 4.79 Å². The Morgan fingerprint density at radius 3 is 2.31 bits per heavy atom. The summed E-state index contributed by atoms with van der Waals surface area (Å²) in [5.41, 5.74) is 0.135. The van der Waals surface area contributed by atoms with Crippen LogP contribution in [0.1, 0.15) is 57.9 Å². The molecular formula is C26H31FN2O3. The van der Waals surface area contributed by atoms with Crippen molar-refractivity contribution >= 4 is 5.91 Å². The third kappa shape index (κ3) is 6.98. The maximum Gasteiger partial charge on any atom is 0.225 e.